The van der Waals surface area contributed by atoms with Gasteiger partial charge in [0.2, 0.25) is 4.77 Å². The lowest BCUT2D eigenvalue weighted by atomic mass is 10.2. The fourth-order valence-corrected chi connectivity index (χ4v) is 3.17. The van der Waals surface area contributed by atoms with Crippen LogP contribution >= 0.6 is 23.8 Å². The highest BCUT2D eigenvalue weighted by Gasteiger charge is 2.11. The van der Waals surface area contributed by atoms with Crippen LogP contribution in [0.5, 0.6) is 5.75 Å². The number of nitrogens with one attached hydrogen (secondary N) is 1. The van der Waals surface area contributed by atoms with Crippen molar-refractivity contribution in [2.75, 3.05) is 0 Å². The number of aromatic amines is 1. The molecule has 0 amide bonds. The minimum absolute atomic E-state index is 0.382. The Balaban J connectivity index is 1.55. The highest BCUT2D eigenvalue weighted by molar-refractivity contribution is 7.71. The molecule has 3 aromatic carbocycles. The van der Waals surface area contributed by atoms with E-state index in [0.717, 1.165) is 22.4 Å². The van der Waals surface area contributed by atoms with Gasteiger partial charge in [0, 0.05) is 5.56 Å². The maximum Gasteiger partial charge on any atom is 0.216 e. The summed E-state index contributed by atoms with van der Waals surface area (Å²) in [5.74, 6) is 1.31. The molecule has 29 heavy (non-hydrogen) atoms. The van der Waals surface area contributed by atoms with E-state index in [4.69, 9.17) is 28.6 Å². The van der Waals surface area contributed by atoms with Crippen molar-refractivity contribution in [3.8, 4) is 17.1 Å². The van der Waals surface area contributed by atoms with Crippen LogP contribution in [0.4, 0.5) is 0 Å². The van der Waals surface area contributed by atoms with E-state index in [1.54, 1.807) is 17.0 Å². The number of aromatic nitrogens is 3. The molecule has 7 heteroatoms. The molecule has 144 valence electrons. The second-order valence-corrected chi connectivity index (χ2v) is 7.03. The number of H-pyrrole nitrogens is 1. The van der Waals surface area contributed by atoms with E-state index in [2.05, 4.69) is 15.3 Å². The molecule has 0 aliphatic heterocycles. The number of benzene rings is 3. The molecule has 4 aromatic rings. The van der Waals surface area contributed by atoms with E-state index < -0.39 is 0 Å². The normalized spacial score (nSPS) is 11.1. The largest absolute Gasteiger partial charge is 0.489 e. The van der Waals surface area contributed by atoms with Gasteiger partial charge in [-0.15, -0.1) is 0 Å². The van der Waals surface area contributed by atoms with Gasteiger partial charge in [-0.05, 0) is 47.6 Å². The molecule has 0 saturated heterocycles. The Hall–Kier alpha value is -3.22. The molecule has 0 spiro atoms. The van der Waals surface area contributed by atoms with Crippen LogP contribution in [0.25, 0.3) is 11.4 Å². The van der Waals surface area contributed by atoms with Crippen LogP contribution in [0.2, 0.25) is 5.02 Å². The fraction of sp³-hybridized carbons (Fsp3) is 0.0455. The first-order valence-corrected chi connectivity index (χ1v) is 9.73. The van der Waals surface area contributed by atoms with Gasteiger partial charge in [0.15, 0.2) is 5.82 Å². The first-order valence-electron chi connectivity index (χ1n) is 8.94. The number of halogens is 1. The van der Waals surface area contributed by atoms with Crippen molar-refractivity contribution in [3.05, 3.63) is 99.8 Å². The third-order valence-corrected chi connectivity index (χ3v) is 4.79. The number of nitrogens with zero attached hydrogens (tertiary/aromatic N) is 3. The summed E-state index contributed by atoms with van der Waals surface area (Å²) in [6.45, 7) is 0.505. The standard InChI is InChI=1S/C22H17ClN4OS/c23-20-12-5-4-11-19(20)21-25-26-22(29)27(21)24-14-17-9-6-10-18(13-17)28-15-16-7-2-1-3-8-16/h1-14H,15H2,(H,26,29)/b24-14-. The average Bonchev–Trinajstić information content (AvgIpc) is 3.12. The Morgan fingerprint density at radius 3 is 2.66 bits per heavy atom. The molecule has 5 nitrogen and oxygen atoms in total. The lowest BCUT2D eigenvalue weighted by Crippen LogP contribution is -1.97. The van der Waals surface area contributed by atoms with E-state index in [-0.39, 0.29) is 0 Å². The van der Waals surface area contributed by atoms with Crippen LogP contribution in [0.15, 0.2) is 84.0 Å². The quantitative estimate of drug-likeness (QED) is 0.320. The molecule has 1 N–H and O–H groups in total. The zero-order valence-electron chi connectivity index (χ0n) is 15.3. The summed E-state index contributed by atoms with van der Waals surface area (Å²) in [6.07, 6.45) is 1.71. The van der Waals surface area contributed by atoms with E-state index in [1.165, 1.54) is 0 Å². The van der Waals surface area contributed by atoms with Crippen LogP contribution in [-0.4, -0.2) is 21.1 Å². The molecule has 0 aliphatic rings. The zero-order chi connectivity index (χ0) is 20.1. The highest BCUT2D eigenvalue weighted by atomic mass is 35.5. The second kappa shape index (κ2) is 8.86. The maximum absolute atomic E-state index is 6.29. The van der Waals surface area contributed by atoms with Crippen LogP contribution in [0.1, 0.15) is 11.1 Å². The van der Waals surface area contributed by atoms with Gasteiger partial charge in [0.05, 0.1) is 11.2 Å². The van der Waals surface area contributed by atoms with Crippen molar-refractivity contribution in [2.24, 2.45) is 5.10 Å². The van der Waals surface area contributed by atoms with Crippen LogP contribution in [0, 0.1) is 4.77 Å². The van der Waals surface area contributed by atoms with Gasteiger partial charge in [-0.1, -0.05) is 66.2 Å². The van der Waals surface area contributed by atoms with Gasteiger partial charge < -0.3 is 4.74 Å². The molecule has 1 heterocycles. The lowest BCUT2D eigenvalue weighted by molar-refractivity contribution is 0.306. The Bertz CT molecular complexity index is 1200. The summed E-state index contributed by atoms with van der Waals surface area (Å²) < 4.78 is 7.81. The first kappa shape index (κ1) is 19.1. The minimum atomic E-state index is 0.382. The third kappa shape index (κ3) is 4.62. The van der Waals surface area contributed by atoms with Crippen molar-refractivity contribution in [1.82, 2.24) is 14.9 Å². The molecule has 0 aliphatic carbocycles. The average molecular weight is 421 g/mol. The van der Waals surface area contributed by atoms with Crippen molar-refractivity contribution >= 4 is 30.0 Å². The molecule has 1 aromatic heterocycles. The van der Waals surface area contributed by atoms with Crippen molar-refractivity contribution < 1.29 is 4.74 Å². The summed E-state index contributed by atoms with van der Waals surface area (Å²) in [5.41, 5.74) is 2.74. The predicted octanol–water partition coefficient (Wildman–Crippen LogP) is 5.72. The van der Waals surface area contributed by atoms with Crippen molar-refractivity contribution in [1.29, 1.82) is 0 Å². The number of hydrogen-bond acceptors (Lipinski definition) is 4. The van der Waals surface area contributed by atoms with Gasteiger partial charge in [-0.2, -0.15) is 14.9 Å². The summed E-state index contributed by atoms with van der Waals surface area (Å²) in [6, 6.07) is 25.2. The third-order valence-electron chi connectivity index (χ3n) is 4.19. The van der Waals surface area contributed by atoms with Crippen molar-refractivity contribution in [2.45, 2.75) is 6.61 Å². The first-order chi connectivity index (χ1) is 14.2. The Kier molecular flexibility index (Phi) is 5.84. The monoisotopic (exact) mass is 420 g/mol. The van der Waals surface area contributed by atoms with E-state index in [1.807, 2.05) is 72.8 Å². The molecule has 0 radical (unpaired) electrons. The molecule has 0 atom stereocenters. The van der Waals surface area contributed by atoms with E-state index >= 15 is 0 Å². The Labute approximate surface area is 178 Å². The number of hydrogen-bond donors (Lipinski definition) is 1. The lowest BCUT2D eigenvalue weighted by Gasteiger charge is -2.07. The van der Waals surface area contributed by atoms with Gasteiger partial charge in [0.25, 0.3) is 0 Å². The summed E-state index contributed by atoms with van der Waals surface area (Å²) in [4.78, 5) is 0. The van der Waals surface area contributed by atoms with E-state index in [9.17, 15) is 0 Å². The van der Waals surface area contributed by atoms with E-state index in [0.29, 0.717) is 22.2 Å². The predicted molar refractivity (Wildman–Crippen MR) is 118 cm³/mol. The second-order valence-electron chi connectivity index (χ2n) is 6.24. The fourth-order valence-electron chi connectivity index (χ4n) is 2.77. The van der Waals surface area contributed by atoms with Crippen LogP contribution in [-0.2, 0) is 6.61 Å². The zero-order valence-corrected chi connectivity index (χ0v) is 16.9. The Morgan fingerprint density at radius 1 is 1.03 bits per heavy atom. The van der Waals surface area contributed by atoms with Gasteiger partial charge in [-0.3, -0.25) is 0 Å². The number of rotatable bonds is 6. The molecule has 4 rings (SSSR count). The van der Waals surface area contributed by atoms with Gasteiger partial charge in [0.1, 0.15) is 12.4 Å². The maximum atomic E-state index is 6.29. The molecule has 0 saturated carbocycles. The minimum Gasteiger partial charge on any atom is -0.489 e. The van der Waals surface area contributed by atoms with Crippen LogP contribution in [0.3, 0.4) is 0 Å². The highest BCUT2D eigenvalue weighted by Crippen LogP contribution is 2.26. The summed E-state index contributed by atoms with van der Waals surface area (Å²) in [5, 5.41) is 12.1. The molecular weight excluding hydrogens is 404 g/mol. The van der Waals surface area contributed by atoms with Crippen LogP contribution < -0.4 is 4.74 Å². The SMILES string of the molecule is S=c1[nH]nc(-c2ccccc2Cl)n1/N=C\c1cccc(OCc2ccccc2)c1. The topological polar surface area (TPSA) is 55.2 Å². The van der Waals surface area contributed by atoms with Gasteiger partial charge >= 0.3 is 0 Å². The smallest absolute Gasteiger partial charge is 0.216 e. The molecule has 0 bridgehead atoms. The number of ether oxygens (including phenoxy) is 1. The summed E-state index contributed by atoms with van der Waals surface area (Å²) >= 11 is 11.6. The Morgan fingerprint density at radius 2 is 1.83 bits per heavy atom. The molecule has 0 fully saturated rings. The summed E-state index contributed by atoms with van der Waals surface area (Å²) in [7, 11) is 0. The van der Waals surface area contributed by atoms with Crippen molar-refractivity contribution in [3.63, 3.8) is 0 Å². The molecular formula is C22H17ClN4OS. The van der Waals surface area contributed by atoms with Gasteiger partial charge in [-0.25, -0.2) is 5.10 Å². The molecule has 0 unspecified atom stereocenters.